The van der Waals surface area contributed by atoms with Crippen LogP contribution in [0.1, 0.15) is 23.7 Å². The van der Waals surface area contributed by atoms with Crippen LogP contribution < -0.4 is 0 Å². The van der Waals surface area contributed by atoms with Crippen LogP contribution in [0.15, 0.2) is 24.3 Å². The summed E-state index contributed by atoms with van der Waals surface area (Å²) in [5.41, 5.74) is 0.453. The number of hydrogen-bond acceptors (Lipinski definition) is 2. The molecule has 1 atom stereocenters. The van der Waals surface area contributed by atoms with Crippen molar-refractivity contribution in [1.29, 1.82) is 0 Å². The van der Waals surface area contributed by atoms with Crippen molar-refractivity contribution < 1.29 is 14.3 Å². The lowest BCUT2D eigenvalue weighted by Gasteiger charge is -2.17. The second-order valence-corrected chi connectivity index (χ2v) is 3.87. The van der Waals surface area contributed by atoms with Crippen LogP contribution >= 0.6 is 0 Å². The number of carbonyl (C=O) groups excluding carboxylic acids is 1. The van der Waals surface area contributed by atoms with E-state index in [2.05, 4.69) is 0 Å². The van der Waals surface area contributed by atoms with Crippen LogP contribution in [0.25, 0.3) is 0 Å². The lowest BCUT2D eigenvalue weighted by atomic mass is 10.2. The topological polar surface area (TPSA) is 40.5 Å². The van der Waals surface area contributed by atoms with Gasteiger partial charge in [-0.25, -0.2) is 4.39 Å². The standard InChI is InChI=1S/C12H16FNO2/c1-9(15)7-8-14(2)12(16)10-3-5-11(13)6-4-10/h3-6,9,15H,7-8H2,1-2H3. The van der Waals surface area contributed by atoms with Crippen LogP contribution in [0.4, 0.5) is 4.39 Å². The van der Waals surface area contributed by atoms with Crippen molar-refractivity contribution in [2.45, 2.75) is 19.4 Å². The first kappa shape index (κ1) is 12.6. The van der Waals surface area contributed by atoms with Crippen molar-refractivity contribution in [2.24, 2.45) is 0 Å². The van der Waals surface area contributed by atoms with Gasteiger partial charge < -0.3 is 10.0 Å². The smallest absolute Gasteiger partial charge is 0.253 e. The molecule has 0 aliphatic carbocycles. The number of hydrogen-bond donors (Lipinski definition) is 1. The van der Waals surface area contributed by atoms with Gasteiger partial charge in [0, 0.05) is 19.2 Å². The Morgan fingerprint density at radius 2 is 2.00 bits per heavy atom. The molecule has 1 aromatic carbocycles. The molecule has 0 aliphatic heterocycles. The fraction of sp³-hybridized carbons (Fsp3) is 0.417. The van der Waals surface area contributed by atoms with E-state index in [0.29, 0.717) is 18.5 Å². The van der Waals surface area contributed by atoms with Crippen LogP contribution in [0, 0.1) is 5.82 Å². The van der Waals surface area contributed by atoms with Gasteiger partial charge in [-0.1, -0.05) is 0 Å². The van der Waals surface area contributed by atoms with Gasteiger partial charge in [0.15, 0.2) is 0 Å². The van der Waals surface area contributed by atoms with Gasteiger partial charge in [0.25, 0.3) is 5.91 Å². The predicted molar refractivity (Wildman–Crippen MR) is 59.7 cm³/mol. The Morgan fingerprint density at radius 1 is 1.44 bits per heavy atom. The monoisotopic (exact) mass is 225 g/mol. The molecule has 88 valence electrons. The number of aliphatic hydroxyl groups is 1. The molecule has 0 heterocycles. The van der Waals surface area contributed by atoms with E-state index in [9.17, 15) is 9.18 Å². The minimum Gasteiger partial charge on any atom is -0.393 e. The Labute approximate surface area is 94.5 Å². The molecule has 0 spiro atoms. The molecule has 0 fully saturated rings. The molecule has 1 amide bonds. The fourth-order valence-electron chi connectivity index (χ4n) is 1.29. The van der Waals surface area contributed by atoms with Crippen molar-refractivity contribution in [3.63, 3.8) is 0 Å². The van der Waals surface area contributed by atoms with Gasteiger partial charge in [-0.2, -0.15) is 0 Å². The van der Waals surface area contributed by atoms with Gasteiger partial charge in [-0.05, 0) is 37.6 Å². The summed E-state index contributed by atoms with van der Waals surface area (Å²) in [6.07, 6.45) is 0.104. The molecule has 1 aromatic rings. The highest BCUT2D eigenvalue weighted by molar-refractivity contribution is 5.93. The molecule has 4 heteroatoms. The maximum Gasteiger partial charge on any atom is 0.253 e. The lowest BCUT2D eigenvalue weighted by molar-refractivity contribution is 0.0769. The van der Waals surface area contributed by atoms with Crippen molar-refractivity contribution in [3.8, 4) is 0 Å². The summed E-state index contributed by atoms with van der Waals surface area (Å²) in [7, 11) is 1.66. The molecular weight excluding hydrogens is 209 g/mol. The molecule has 16 heavy (non-hydrogen) atoms. The fourth-order valence-corrected chi connectivity index (χ4v) is 1.29. The summed E-state index contributed by atoms with van der Waals surface area (Å²) in [5.74, 6) is -0.524. The molecule has 0 aliphatic rings. The van der Waals surface area contributed by atoms with E-state index >= 15 is 0 Å². The number of amides is 1. The third-order valence-electron chi connectivity index (χ3n) is 2.32. The zero-order chi connectivity index (χ0) is 12.1. The Morgan fingerprint density at radius 3 is 2.50 bits per heavy atom. The molecule has 1 rings (SSSR count). The maximum absolute atomic E-state index is 12.6. The molecule has 1 unspecified atom stereocenters. The summed E-state index contributed by atoms with van der Waals surface area (Å²) >= 11 is 0. The Bertz CT molecular complexity index is 349. The van der Waals surface area contributed by atoms with Gasteiger partial charge in [0.2, 0.25) is 0 Å². The SMILES string of the molecule is CC(O)CCN(C)C(=O)c1ccc(F)cc1. The van der Waals surface area contributed by atoms with E-state index < -0.39 is 6.10 Å². The second kappa shape index (κ2) is 5.61. The zero-order valence-corrected chi connectivity index (χ0v) is 9.48. The number of rotatable bonds is 4. The van der Waals surface area contributed by atoms with Crippen LogP contribution in [0.5, 0.6) is 0 Å². The van der Waals surface area contributed by atoms with E-state index in [1.807, 2.05) is 0 Å². The van der Waals surface area contributed by atoms with Gasteiger partial charge in [-0.15, -0.1) is 0 Å². The van der Waals surface area contributed by atoms with Crippen molar-refractivity contribution in [1.82, 2.24) is 4.90 Å². The Balaban J connectivity index is 2.60. The van der Waals surface area contributed by atoms with Crippen molar-refractivity contribution in [3.05, 3.63) is 35.6 Å². The lowest BCUT2D eigenvalue weighted by Crippen LogP contribution is -2.29. The van der Waals surface area contributed by atoms with E-state index in [-0.39, 0.29) is 11.7 Å². The first-order valence-corrected chi connectivity index (χ1v) is 5.20. The third-order valence-corrected chi connectivity index (χ3v) is 2.32. The number of carbonyl (C=O) groups is 1. The highest BCUT2D eigenvalue weighted by atomic mass is 19.1. The minimum atomic E-state index is -0.427. The highest BCUT2D eigenvalue weighted by Crippen LogP contribution is 2.06. The first-order chi connectivity index (χ1) is 7.50. The average Bonchev–Trinajstić information content (AvgIpc) is 2.26. The average molecular weight is 225 g/mol. The predicted octanol–water partition coefficient (Wildman–Crippen LogP) is 1.67. The summed E-state index contributed by atoms with van der Waals surface area (Å²) < 4.78 is 12.6. The second-order valence-electron chi connectivity index (χ2n) is 3.87. The van der Waals surface area contributed by atoms with Crippen molar-refractivity contribution >= 4 is 5.91 Å². The molecule has 1 N–H and O–H groups in total. The largest absolute Gasteiger partial charge is 0.393 e. The maximum atomic E-state index is 12.6. The number of benzene rings is 1. The Hall–Kier alpha value is -1.42. The van der Waals surface area contributed by atoms with Crippen LogP contribution in [0.3, 0.4) is 0 Å². The zero-order valence-electron chi connectivity index (χ0n) is 9.48. The Kier molecular flexibility index (Phi) is 4.43. The molecule has 0 radical (unpaired) electrons. The number of nitrogens with zero attached hydrogens (tertiary/aromatic N) is 1. The quantitative estimate of drug-likeness (QED) is 0.846. The minimum absolute atomic E-state index is 0.166. The molecular formula is C12H16FNO2. The number of aliphatic hydroxyl groups excluding tert-OH is 1. The van der Waals surface area contributed by atoms with E-state index in [1.165, 1.54) is 29.2 Å². The summed E-state index contributed by atoms with van der Waals surface area (Å²) in [5, 5.41) is 9.10. The highest BCUT2D eigenvalue weighted by Gasteiger charge is 2.11. The third kappa shape index (κ3) is 3.62. The molecule has 0 aromatic heterocycles. The molecule has 0 saturated carbocycles. The van der Waals surface area contributed by atoms with Crippen LogP contribution in [-0.2, 0) is 0 Å². The summed E-state index contributed by atoms with van der Waals surface area (Å²) in [6, 6.07) is 5.43. The van der Waals surface area contributed by atoms with Crippen LogP contribution in [0.2, 0.25) is 0 Å². The van der Waals surface area contributed by atoms with Gasteiger partial charge in [0.05, 0.1) is 6.10 Å². The van der Waals surface area contributed by atoms with E-state index in [0.717, 1.165) is 0 Å². The van der Waals surface area contributed by atoms with Gasteiger partial charge >= 0.3 is 0 Å². The van der Waals surface area contributed by atoms with Crippen LogP contribution in [-0.4, -0.2) is 35.6 Å². The van der Waals surface area contributed by atoms with E-state index in [1.54, 1.807) is 14.0 Å². The number of halogens is 1. The molecule has 0 saturated heterocycles. The van der Waals surface area contributed by atoms with E-state index in [4.69, 9.17) is 5.11 Å². The van der Waals surface area contributed by atoms with Gasteiger partial charge in [-0.3, -0.25) is 4.79 Å². The molecule has 3 nitrogen and oxygen atoms in total. The molecule has 0 bridgehead atoms. The van der Waals surface area contributed by atoms with Crippen molar-refractivity contribution in [2.75, 3.05) is 13.6 Å². The summed E-state index contributed by atoms with van der Waals surface area (Å²) in [4.78, 5) is 13.3. The summed E-state index contributed by atoms with van der Waals surface area (Å²) in [6.45, 7) is 2.16. The first-order valence-electron chi connectivity index (χ1n) is 5.20. The van der Waals surface area contributed by atoms with Gasteiger partial charge in [0.1, 0.15) is 5.82 Å². The normalized spacial score (nSPS) is 12.2.